The first kappa shape index (κ1) is 29.2. The number of aliphatic hydroxyl groups excluding tert-OH is 1. The number of anilines is 1. The van der Waals surface area contributed by atoms with Gasteiger partial charge in [-0.3, -0.25) is 9.69 Å². The molecule has 2 aliphatic heterocycles. The van der Waals surface area contributed by atoms with Crippen LogP contribution < -0.4 is 10.5 Å². The molecule has 0 spiro atoms. The molecule has 12 heteroatoms. The van der Waals surface area contributed by atoms with Crippen LogP contribution in [0.3, 0.4) is 0 Å². The van der Waals surface area contributed by atoms with Gasteiger partial charge < -0.3 is 20.5 Å². The highest BCUT2D eigenvalue weighted by atomic mass is 19.1. The van der Waals surface area contributed by atoms with E-state index < -0.39 is 17.5 Å². The van der Waals surface area contributed by atoms with Crippen LogP contribution in [0.5, 0.6) is 11.5 Å². The van der Waals surface area contributed by atoms with E-state index in [2.05, 4.69) is 16.0 Å². The van der Waals surface area contributed by atoms with Crippen LogP contribution in [0.15, 0.2) is 66.5 Å². The molecule has 4 heterocycles. The van der Waals surface area contributed by atoms with Crippen molar-refractivity contribution in [2.24, 2.45) is 0 Å². The Morgan fingerprint density at radius 3 is 2.68 bits per heavy atom. The van der Waals surface area contributed by atoms with Gasteiger partial charge in [0.15, 0.2) is 5.65 Å². The largest absolute Gasteiger partial charge is 0.457 e. The minimum absolute atomic E-state index is 0.0563. The van der Waals surface area contributed by atoms with E-state index in [0.29, 0.717) is 48.6 Å². The Kier molecular flexibility index (Phi) is 7.75. The third kappa shape index (κ3) is 5.59. The number of nitrogens with two attached hydrogens (primary N) is 1. The van der Waals surface area contributed by atoms with Gasteiger partial charge in [0.05, 0.1) is 24.1 Å². The van der Waals surface area contributed by atoms with E-state index in [-0.39, 0.29) is 41.1 Å². The Morgan fingerprint density at radius 2 is 1.98 bits per heavy atom. The number of aliphatic hydroxyl groups is 1. The van der Waals surface area contributed by atoms with Gasteiger partial charge in [-0.25, -0.2) is 19.0 Å². The summed E-state index contributed by atoms with van der Waals surface area (Å²) in [5, 5.41) is 24.8. The summed E-state index contributed by atoms with van der Waals surface area (Å²) in [4.78, 5) is 25.9. The minimum atomic E-state index is -0.567. The molecule has 226 valence electrons. The lowest BCUT2D eigenvalue weighted by Gasteiger charge is -2.46. The standard InChI is InChI=1S/C32H33FN8O3/c1-32(2,39-17-22(42)18-39)14-20(15-34)31(43)40-12-6-7-21(40)16-41-30-27(29(35)36-19-37-30)28(38-41)25-11-10-24(13-26(25)33)44-23-8-4-3-5-9-23/h3-5,8-11,13-14,19,21-22,42H,6-7,12,16-18H2,1-2H3,(H2,35,36,37)/b20-14-/t21-/m0/s1. The van der Waals surface area contributed by atoms with Crippen molar-refractivity contribution in [1.82, 2.24) is 29.5 Å². The fourth-order valence-electron chi connectivity index (χ4n) is 5.88. The first-order valence-corrected chi connectivity index (χ1v) is 14.5. The number of rotatable bonds is 8. The second-order valence-electron chi connectivity index (χ2n) is 11.7. The maximum atomic E-state index is 15.5. The molecule has 2 aliphatic rings. The average Bonchev–Trinajstić information content (AvgIpc) is 3.60. The van der Waals surface area contributed by atoms with E-state index in [0.717, 1.165) is 6.42 Å². The number of hydrogen-bond acceptors (Lipinski definition) is 9. The van der Waals surface area contributed by atoms with Crippen LogP contribution in [-0.2, 0) is 11.3 Å². The van der Waals surface area contributed by atoms with E-state index in [9.17, 15) is 15.2 Å². The van der Waals surface area contributed by atoms with Crippen molar-refractivity contribution in [3.63, 3.8) is 0 Å². The van der Waals surface area contributed by atoms with Crippen molar-refractivity contribution in [2.45, 2.75) is 50.9 Å². The zero-order valence-corrected chi connectivity index (χ0v) is 24.5. The number of nitrogens with zero attached hydrogens (tertiary/aromatic N) is 7. The lowest BCUT2D eigenvalue weighted by molar-refractivity contribution is -0.127. The number of carbonyl (C=O) groups is 1. The van der Waals surface area contributed by atoms with Crippen molar-refractivity contribution < 1.29 is 19.0 Å². The molecule has 0 saturated carbocycles. The van der Waals surface area contributed by atoms with E-state index in [4.69, 9.17) is 15.6 Å². The van der Waals surface area contributed by atoms with Gasteiger partial charge in [0, 0.05) is 36.8 Å². The van der Waals surface area contributed by atoms with Crippen LogP contribution in [0, 0.1) is 17.1 Å². The maximum Gasteiger partial charge on any atom is 0.264 e. The van der Waals surface area contributed by atoms with Crippen LogP contribution in [0.25, 0.3) is 22.3 Å². The van der Waals surface area contributed by atoms with Crippen molar-refractivity contribution in [1.29, 1.82) is 5.26 Å². The molecular formula is C32H33FN8O3. The number of nitrogen functional groups attached to an aromatic ring is 1. The molecule has 6 rings (SSSR count). The summed E-state index contributed by atoms with van der Waals surface area (Å²) in [7, 11) is 0. The zero-order chi connectivity index (χ0) is 31.0. The third-order valence-corrected chi connectivity index (χ3v) is 8.28. The van der Waals surface area contributed by atoms with Gasteiger partial charge in [-0.2, -0.15) is 10.4 Å². The maximum absolute atomic E-state index is 15.5. The number of β-amino-alcohol motifs (C(OH)–C–C–N with tert-alkyl or cyclic N) is 1. The number of amides is 1. The first-order chi connectivity index (χ1) is 21.1. The van der Waals surface area contributed by atoms with Gasteiger partial charge in [-0.05, 0) is 57.0 Å². The molecule has 2 aromatic heterocycles. The number of fused-ring (bicyclic) bond motifs is 1. The highest BCUT2D eigenvalue weighted by Crippen LogP contribution is 2.35. The second kappa shape index (κ2) is 11.7. The lowest BCUT2D eigenvalue weighted by Crippen LogP contribution is -2.59. The van der Waals surface area contributed by atoms with Crippen LogP contribution in [-0.4, -0.2) is 77.9 Å². The van der Waals surface area contributed by atoms with E-state index >= 15 is 4.39 Å². The number of halogens is 1. The van der Waals surface area contributed by atoms with E-state index in [1.165, 1.54) is 12.4 Å². The first-order valence-electron chi connectivity index (χ1n) is 14.5. The number of aromatic nitrogens is 4. The molecule has 2 aromatic carbocycles. The van der Waals surface area contributed by atoms with Gasteiger partial charge >= 0.3 is 0 Å². The van der Waals surface area contributed by atoms with Crippen molar-refractivity contribution in [3.8, 4) is 28.8 Å². The molecule has 2 saturated heterocycles. The van der Waals surface area contributed by atoms with Crippen LogP contribution in [0.4, 0.5) is 10.2 Å². The Labute approximate surface area is 254 Å². The van der Waals surface area contributed by atoms with Crippen LogP contribution in [0.2, 0.25) is 0 Å². The molecule has 2 fully saturated rings. The lowest BCUT2D eigenvalue weighted by atomic mass is 9.94. The number of ether oxygens (including phenoxy) is 1. The molecule has 3 N–H and O–H groups in total. The molecule has 0 unspecified atom stereocenters. The summed E-state index contributed by atoms with van der Waals surface area (Å²) in [6.07, 6.45) is 4.07. The molecule has 1 amide bonds. The van der Waals surface area contributed by atoms with E-state index in [1.807, 2.05) is 36.9 Å². The van der Waals surface area contributed by atoms with Gasteiger partial charge in [-0.15, -0.1) is 0 Å². The van der Waals surface area contributed by atoms with Gasteiger partial charge in [0.2, 0.25) is 0 Å². The molecule has 4 aromatic rings. The fourth-order valence-corrected chi connectivity index (χ4v) is 5.88. The fraction of sp³-hybridized carbons (Fsp3) is 0.344. The quantitative estimate of drug-likeness (QED) is 0.228. The molecular weight excluding hydrogens is 563 g/mol. The van der Waals surface area contributed by atoms with Gasteiger partial charge in [0.1, 0.15) is 46.8 Å². The number of nitriles is 1. The molecule has 11 nitrogen and oxygen atoms in total. The smallest absolute Gasteiger partial charge is 0.264 e. The van der Waals surface area contributed by atoms with E-state index in [1.54, 1.807) is 39.9 Å². The van der Waals surface area contributed by atoms with Gasteiger partial charge in [-0.1, -0.05) is 18.2 Å². The van der Waals surface area contributed by atoms with Crippen LogP contribution in [0.1, 0.15) is 26.7 Å². The minimum Gasteiger partial charge on any atom is -0.457 e. The molecule has 1 atom stereocenters. The Bertz CT molecular complexity index is 1780. The normalized spacial score (nSPS) is 17.9. The van der Waals surface area contributed by atoms with Gasteiger partial charge in [0.25, 0.3) is 5.91 Å². The Morgan fingerprint density at radius 1 is 1.20 bits per heavy atom. The molecule has 0 aliphatic carbocycles. The number of carbonyl (C=O) groups excluding carboxylic acids is 1. The summed E-state index contributed by atoms with van der Waals surface area (Å²) in [5.41, 5.74) is 6.67. The molecule has 0 bridgehead atoms. The average molecular weight is 597 g/mol. The zero-order valence-electron chi connectivity index (χ0n) is 24.5. The highest BCUT2D eigenvalue weighted by Gasteiger charge is 2.38. The summed E-state index contributed by atoms with van der Waals surface area (Å²) >= 11 is 0. The molecule has 0 radical (unpaired) electrons. The SMILES string of the molecule is CC(C)(/C=C(/C#N)C(=O)N1CCC[C@H]1Cn1nc(-c2ccc(Oc3ccccc3)cc2F)c2c(N)ncnc21)N1CC(O)C1. The molecule has 44 heavy (non-hydrogen) atoms. The van der Waals surface area contributed by atoms with Crippen LogP contribution >= 0.6 is 0 Å². The number of para-hydroxylation sites is 1. The summed E-state index contributed by atoms with van der Waals surface area (Å²) in [5.74, 6) is 0.176. The summed E-state index contributed by atoms with van der Waals surface area (Å²) in [6.45, 7) is 5.59. The number of benzene rings is 2. The van der Waals surface area contributed by atoms with Crippen molar-refractivity contribution in [3.05, 3.63) is 72.3 Å². The van der Waals surface area contributed by atoms with Crippen molar-refractivity contribution >= 4 is 22.8 Å². The summed E-state index contributed by atoms with van der Waals surface area (Å²) in [6, 6.07) is 15.5. The predicted octanol–water partition coefficient (Wildman–Crippen LogP) is 3.90. The third-order valence-electron chi connectivity index (χ3n) is 8.28. The monoisotopic (exact) mass is 596 g/mol. The second-order valence-corrected chi connectivity index (χ2v) is 11.7. The summed E-state index contributed by atoms with van der Waals surface area (Å²) < 4.78 is 22.9. The highest BCUT2D eigenvalue weighted by molar-refractivity contribution is 5.99. The Hall–Kier alpha value is -4.86. The topological polar surface area (TPSA) is 146 Å². The number of likely N-dealkylation sites (tertiary alicyclic amines) is 2. The Balaban J connectivity index is 1.28. The number of hydrogen-bond donors (Lipinski definition) is 2. The van der Waals surface area contributed by atoms with Crippen molar-refractivity contribution in [2.75, 3.05) is 25.4 Å². The predicted molar refractivity (Wildman–Crippen MR) is 162 cm³/mol.